The van der Waals surface area contributed by atoms with Crippen molar-refractivity contribution in [3.05, 3.63) is 0 Å². The van der Waals surface area contributed by atoms with Gasteiger partial charge in [-0.25, -0.2) is 0 Å². The monoisotopic (exact) mass is 139 g/mol. The molecule has 0 aromatic carbocycles. The van der Waals surface area contributed by atoms with Gasteiger partial charge in [0.2, 0.25) is 5.91 Å². The fraction of sp³-hybridized carbons (Fsp3) is 0.875. The molecule has 0 unspecified atom stereocenters. The molecule has 0 N–H and O–H groups in total. The lowest BCUT2D eigenvalue weighted by molar-refractivity contribution is -0.129. The molecule has 0 radical (unpaired) electrons. The number of hydrogen-bond donors (Lipinski definition) is 0. The topological polar surface area (TPSA) is 20.3 Å². The van der Waals surface area contributed by atoms with E-state index in [2.05, 4.69) is 4.90 Å². The van der Waals surface area contributed by atoms with Gasteiger partial charge in [-0.15, -0.1) is 0 Å². The summed E-state index contributed by atoms with van der Waals surface area (Å²) in [4.78, 5) is 13.2. The van der Waals surface area contributed by atoms with E-state index < -0.39 is 0 Å². The molecule has 0 aromatic rings. The van der Waals surface area contributed by atoms with Crippen molar-refractivity contribution in [1.29, 1.82) is 0 Å². The van der Waals surface area contributed by atoms with E-state index in [0.29, 0.717) is 11.9 Å². The highest BCUT2D eigenvalue weighted by Gasteiger charge is 2.31. The van der Waals surface area contributed by atoms with Gasteiger partial charge in [0.15, 0.2) is 0 Å². The summed E-state index contributed by atoms with van der Waals surface area (Å²) in [6.07, 6.45) is 5.74. The Labute approximate surface area is 61.2 Å². The molecule has 2 heteroatoms. The van der Waals surface area contributed by atoms with Crippen LogP contribution >= 0.6 is 0 Å². The lowest BCUT2D eigenvalue weighted by Gasteiger charge is -2.29. The summed E-state index contributed by atoms with van der Waals surface area (Å²) in [5, 5.41) is 0. The summed E-state index contributed by atoms with van der Waals surface area (Å²) in [7, 11) is 0. The third-order valence-electron chi connectivity index (χ3n) is 2.64. The van der Waals surface area contributed by atoms with E-state index in [1.54, 1.807) is 0 Å². The lowest BCUT2D eigenvalue weighted by atomic mass is 10.0. The maximum Gasteiger partial charge on any atom is 0.222 e. The normalized spacial score (nSPS) is 32.6. The summed E-state index contributed by atoms with van der Waals surface area (Å²) in [5.41, 5.74) is 0. The van der Waals surface area contributed by atoms with Crippen molar-refractivity contribution in [3.63, 3.8) is 0 Å². The molecule has 2 saturated heterocycles. The molecule has 10 heavy (non-hydrogen) atoms. The molecule has 56 valence electrons. The molecule has 0 aliphatic carbocycles. The van der Waals surface area contributed by atoms with Crippen LogP contribution in [0.5, 0.6) is 0 Å². The Morgan fingerprint density at radius 3 is 3.00 bits per heavy atom. The molecular weight excluding hydrogens is 126 g/mol. The van der Waals surface area contributed by atoms with E-state index >= 15 is 0 Å². The number of piperidine rings is 1. The molecule has 0 saturated carbocycles. The summed E-state index contributed by atoms with van der Waals surface area (Å²) in [6, 6.07) is 0.626. The lowest BCUT2D eigenvalue weighted by Crippen LogP contribution is -2.36. The van der Waals surface area contributed by atoms with Crippen LogP contribution in [-0.2, 0) is 4.79 Å². The van der Waals surface area contributed by atoms with Crippen LogP contribution in [0.25, 0.3) is 0 Å². The van der Waals surface area contributed by atoms with Crippen LogP contribution in [0.4, 0.5) is 0 Å². The Kier molecular flexibility index (Phi) is 1.40. The first-order valence-electron chi connectivity index (χ1n) is 4.17. The summed E-state index contributed by atoms with van der Waals surface area (Å²) < 4.78 is 0. The third-order valence-corrected chi connectivity index (χ3v) is 2.64. The van der Waals surface area contributed by atoms with E-state index in [1.165, 1.54) is 19.3 Å². The zero-order chi connectivity index (χ0) is 6.97. The van der Waals surface area contributed by atoms with Crippen molar-refractivity contribution in [2.75, 3.05) is 6.54 Å². The summed E-state index contributed by atoms with van der Waals surface area (Å²) in [5.74, 6) is 0.393. The SMILES string of the molecule is O=C1CC[C@@H]2CCCCN12. The van der Waals surface area contributed by atoms with Crippen LogP contribution in [0.15, 0.2) is 0 Å². The zero-order valence-corrected chi connectivity index (χ0v) is 6.18. The number of nitrogens with zero attached hydrogens (tertiary/aromatic N) is 1. The smallest absolute Gasteiger partial charge is 0.222 e. The van der Waals surface area contributed by atoms with Gasteiger partial charge < -0.3 is 4.90 Å². The first-order chi connectivity index (χ1) is 4.88. The Bertz CT molecular complexity index is 155. The van der Waals surface area contributed by atoms with Gasteiger partial charge in [0.05, 0.1) is 0 Å². The average Bonchev–Trinajstić information content (AvgIpc) is 2.34. The van der Waals surface area contributed by atoms with Gasteiger partial charge in [-0.1, -0.05) is 0 Å². The standard InChI is InChI=1S/C8H13NO/c10-8-5-4-7-3-1-2-6-9(7)8/h7H,1-6H2/t7-/m0/s1. The third kappa shape index (κ3) is 0.825. The Morgan fingerprint density at radius 2 is 2.20 bits per heavy atom. The molecular formula is C8H13NO. The first-order valence-corrected chi connectivity index (χ1v) is 4.17. The highest BCUT2D eigenvalue weighted by Crippen LogP contribution is 2.27. The fourth-order valence-electron chi connectivity index (χ4n) is 2.06. The largest absolute Gasteiger partial charge is 0.340 e. The van der Waals surface area contributed by atoms with E-state index in [-0.39, 0.29) is 0 Å². The van der Waals surface area contributed by atoms with Gasteiger partial charge >= 0.3 is 0 Å². The molecule has 0 spiro atoms. The van der Waals surface area contributed by atoms with Gasteiger partial charge in [0, 0.05) is 19.0 Å². The Morgan fingerprint density at radius 1 is 1.30 bits per heavy atom. The second-order valence-electron chi connectivity index (χ2n) is 3.28. The van der Waals surface area contributed by atoms with Crippen LogP contribution in [0.1, 0.15) is 32.1 Å². The minimum Gasteiger partial charge on any atom is -0.340 e. The average molecular weight is 139 g/mol. The minimum atomic E-state index is 0.393. The predicted octanol–water partition coefficient (Wildman–Crippen LogP) is 1.16. The molecule has 2 fully saturated rings. The quantitative estimate of drug-likeness (QED) is 0.493. The van der Waals surface area contributed by atoms with Crippen molar-refractivity contribution in [2.24, 2.45) is 0 Å². The van der Waals surface area contributed by atoms with Gasteiger partial charge in [-0.2, -0.15) is 0 Å². The van der Waals surface area contributed by atoms with E-state index in [9.17, 15) is 4.79 Å². The summed E-state index contributed by atoms with van der Waals surface area (Å²) >= 11 is 0. The van der Waals surface area contributed by atoms with Gasteiger partial charge in [-0.3, -0.25) is 4.79 Å². The van der Waals surface area contributed by atoms with Crippen LogP contribution < -0.4 is 0 Å². The predicted molar refractivity (Wildman–Crippen MR) is 38.6 cm³/mol. The van der Waals surface area contributed by atoms with Crippen LogP contribution in [0.2, 0.25) is 0 Å². The van der Waals surface area contributed by atoms with Crippen molar-refractivity contribution >= 4 is 5.91 Å². The van der Waals surface area contributed by atoms with Crippen LogP contribution in [0, 0.1) is 0 Å². The minimum absolute atomic E-state index is 0.393. The molecule has 0 aromatic heterocycles. The number of amides is 1. The zero-order valence-electron chi connectivity index (χ0n) is 6.18. The second kappa shape index (κ2) is 2.26. The molecule has 2 rings (SSSR count). The number of rotatable bonds is 0. The number of carbonyl (C=O) groups is 1. The highest BCUT2D eigenvalue weighted by molar-refractivity contribution is 5.78. The molecule has 2 aliphatic heterocycles. The van der Waals surface area contributed by atoms with Gasteiger partial charge in [0.25, 0.3) is 0 Å². The maximum absolute atomic E-state index is 11.1. The van der Waals surface area contributed by atoms with Crippen molar-refractivity contribution < 1.29 is 4.79 Å². The van der Waals surface area contributed by atoms with Gasteiger partial charge in [0.1, 0.15) is 0 Å². The van der Waals surface area contributed by atoms with Crippen molar-refractivity contribution in [2.45, 2.75) is 38.1 Å². The molecule has 0 bridgehead atoms. The van der Waals surface area contributed by atoms with Crippen molar-refractivity contribution in [3.8, 4) is 0 Å². The van der Waals surface area contributed by atoms with Crippen LogP contribution in [-0.4, -0.2) is 23.4 Å². The van der Waals surface area contributed by atoms with Gasteiger partial charge in [-0.05, 0) is 25.7 Å². The van der Waals surface area contributed by atoms with E-state index in [4.69, 9.17) is 0 Å². The number of carbonyl (C=O) groups excluding carboxylic acids is 1. The van der Waals surface area contributed by atoms with E-state index in [0.717, 1.165) is 19.4 Å². The fourth-order valence-corrected chi connectivity index (χ4v) is 2.06. The van der Waals surface area contributed by atoms with Crippen LogP contribution in [0.3, 0.4) is 0 Å². The maximum atomic E-state index is 11.1. The number of fused-ring (bicyclic) bond motifs is 1. The molecule has 2 nitrogen and oxygen atoms in total. The highest BCUT2D eigenvalue weighted by atomic mass is 16.2. The molecule has 1 amide bonds. The summed E-state index contributed by atoms with van der Waals surface area (Å²) in [6.45, 7) is 1.03. The Balaban J connectivity index is 2.08. The molecule has 2 aliphatic rings. The first kappa shape index (κ1) is 6.20. The van der Waals surface area contributed by atoms with Crippen molar-refractivity contribution in [1.82, 2.24) is 4.90 Å². The molecule has 2 heterocycles. The Hall–Kier alpha value is -0.530. The number of hydrogen-bond acceptors (Lipinski definition) is 1. The van der Waals surface area contributed by atoms with E-state index in [1.807, 2.05) is 0 Å². The second-order valence-corrected chi connectivity index (χ2v) is 3.28. The molecule has 1 atom stereocenters.